The van der Waals surface area contributed by atoms with E-state index < -0.39 is 0 Å². The van der Waals surface area contributed by atoms with Gasteiger partial charge in [0, 0.05) is 41.7 Å². The Morgan fingerprint density at radius 1 is 1.52 bits per heavy atom. The van der Waals surface area contributed by atoms with Crippen molar-refractivity contribution >= 4 is 34.0 Å². The zero-order valence-corrected chi connectivity index (χ0v) is 14.8. The highest BCUT2D eigenvalue weighted by molar-refractivity contribution is 7.99. The molecule has 3 rings (SSSR count). The number of rotatable bonds is 4. The quantitative estimate of drug-likeness (QED) is 0.777. The van der Waals surface area contributed by atoms with Crippen molar-refractivity contribution in [2.45, 2.75) is 26.4 Å². The Balaban J connectivity index is 1.84. The van der Waals surface area contributed by atoms with Gasteiger partial charge in [-0.25, -0.2) is 4.98 Å². The van der Waals surface area contributed by atoms with E-state index in [1.54, 1.807) is 22.2 Å². The van der Waals surface area contributed by atoms with Gasteiger partial charge in [0.25, 0.3) is 5.56 Å². The summed E-state index contributed by atoms with van der Waals surface area (Å²) in [6.07, 6.45) is 0. The highest BCUT2D eigenvalue weighted by atomic mass is 32.2. The minimum absolute atomic E-state index is 0.0668. The van der Waals surface area contributed by atoms with Crippen LogP contribution in [-0.4, -0.2) is 51.0 Å². The van der Waals surface area contributed by atoms with Gasteiger partial charge in [0.1, 0.15) is 6.04 Å². The van der Waals surface area contributed by atoms with Crippen LogP contribution in [0.15, 0.2) is 16.2 Å². The number of carbonyl (C=O) groups is 1. The number of aryl methyl sites for hydroxylation is 1. The van der Waals surface area contributed by atoms with Crippen molar-refractivity contribution in [1.82, 2.24) is 14.3 Å². The van der Waals surface area contributed by atoms with Crippen LogP contribution in [0.5, 0.6) is 0 Å². The summed E-state index contributed by atoms with van der Waals surface area (Å²) in [4.78, 5) is 31.7. The van der Waals surface area contributed by atoms with Crippen molar-refractivity contribution in [1.29, 1.82) is 0 Å². The molecule has 1 aliphatic heterocycles. The number of esters is 1. The van der Waals surface area contributed by atoms with Crippen LogP contribution in [0.1, 0.15) is 18.3 Å². The minimum Gasteiger partial charge on any atom is -0.465 e. The Morgan fingerprint density at radius 2 is 2.35 bits per heavy atom. The minimum atomic E-state index is -0.265. The molecule has 2 aromatic rings. The summed E-state index contributed by atoms with van der Waals surface area (Å²) >= 11 is 3.21. The van der Waals surface area contributed by atoms with Gasteiger partial charge in [0.15, 0.2) is 4.96 Å². The van der Waals surface area contributed by atoms with Crippen LogP contribution in [0.4, 0.5) is 0 Å². The van der Waals surface area contributed by atoms with Gasteiger partial charge in [0.05, 0.1) is 12.3 Å². The summed E-state index contributed by atoms with van der Waals surface area (Å²) < 4.78 is 6.78. The van der Waals surface area contributed by atoms with Crippen LogP contribution in [0.2, 0.25) is 0 Å². The first-order chi connectivity index (χ1) is 11.1. The maximum absolute atomic E-state index is 12.3. The van der Waals surface area contributed by atoms with E-state index in [9.17, 15) is 9.59 Å². The molecule has 124 valence electrons. The second kappa shape index (κ2) is 7.02. The Labute approximate surface area is 142 Å². The summed E-state index contributed by atoms with van der Waals surface area (Å²) in [5, 5.41) is 1.92. The normalized spacial score (nSPS) is 19.1. The number of nitrogens with zero attached hydrogens (tertiary/aromatic N) is 3. The predicted molar refractivity (Wildman–Crippen MR) is 92.2 cm³/mol. The smallest absolute Gasteiger partial charge is 0.324 e. The summed E-state index contributed by atoms with van der Waals surface area (Å²) in [5.41, 5.74) is 1.54. The molecule has 0 amide bonds. The van der Waals surface area contributed by atoms with E-state index >= 15 is 0 Å². The molecule has 0 aromatic carbocycles. The molecule has 2 aromatic heterocycles. The molecule has 0 radical (unpaired) electrons. The molecule has 0 spiro atoms. The number of fused-ring (bicyclic) bond motifs is 1. The Hall–Kier alpha value is -1.38. The molecule has 3 heterocycles. The van der Waals surface area contributed by atoms with Gasteiger partial charge in [-0.2, -0.15) is 11.8 Å². The second-order valence-electron chi connectivity index (χ2n) is 5.39. The van der Waals surface area contributed by atoms with Gasteiger partial charge in [-0.3, -0.25) is 18.9 Å². The Morgan fingerprint density at radius 3 is 3.13 bits per heavy atom. The number of aromatic nitrogens is 2. The lowest BCUT2D eigenvalue weighted by Crippen LogP contribution is -2.47. The van der Waals surface area contributed by atoms with Gasteiger partial charge in [0.2, 0.25) is 0 Å². The average Bonchev–Trinajstić information content (AvgIpc) is 2.89. The zero-order chi connectivity index (χ0) is 16.4. The van der Waals surface area contributed by atoms with Gasteiger partial charge in [-0.05, 0) is 13.8 Å². The Kier molecular flexibility index (Phi) is 5.03. The molecule has 6 nitrogen and oxygen atoms in total. The van der Waals surface area contributed by atoms with Crippen LogP contribution in [-0.2, 0) is 16.1 Å². The van der Waals surface area contributed by atoms with Crippen LogP contribution < -0.4 is 5.56 Å². The molecule has 0 aliphatic carbocycles. The summed E-state index contributed by atoms with van der Waals surface area (Å²) in [6, 6.07) is 1.30. The fraction of sp³-hybridized carbons (Fsp3) is 0.533. The standard InChI is InChI=1S/C15H19N3O3S2/c1-3-21-14(20)12-9-22-5-4-17(12)7-11-6-13(19)18-10(2)8-23-15(18)16-11/h6,8,12H,3-5,7,9H2,1-2H3/t12-/m1/s1. The maximum Gasteiger partial charge on any atom is 0.324 e. The summed E-state index contributed by atoms with van der Waals surface area (Å²) in [7, 11) is 0. The summed E-state index contributed by atoms with van der Waals surface area (Å²) in [6.45, 7) is 5.37. The first-order valence-corrected chi connectivity index (χ1v) is 9.58. The highest BCUT2D eigenvalue weighted by Gasteiger charge is 2.30. The van der Waals surface area contributed by atoms with Gasteiger partial charge in [-0.1, -0.05) is 0 Å². The number of ether oxygens (including phenoxy) is 1. The van der Waals surface area contributed by atoms with Crippen molar-refractivity contribution in [3.8, 4) is 0 Å². The lowest BCUT2D eigenvalue weighted by Gasteiger charge is -2.33. The number of thioether (sulfide) groups is 1. The van der Waals surface area contributed by atoms with Crippen LogP contribution >= 0.6 is 23.1 Å². The van der Waals surface area contributed by atoms with Crippen LogP contribution in [0.25, 0.3) is 4.96 Å². The molecular formula is C15H19N3O3S2. The predicted octanol–water partition coefficient (Wildman–Crippen LogP) is 1.54. The molecule has 1 saturated heterocycles. The number of hydrogen-bond donors (Lipinski definition) is 0. The highest BCUT2D eigenvalue weighted by Crippen LogP contribution is 2.20. The van der Waals surface area contributed by atoms with E-state index in [1.807, 2.05) is 19.2 Å². The van der Waals surface area contributed by atoms with E-state index in [-0.39, 0.29) is 17.6 Å². The van der Waals surface area contributed by atoms with Crippen molar-refractivity contribution in [3.63, 3.8) is 0 Å². The first kappa shape index (κ1) is 16.5. The number of thiazole rings is 1. The van der Waals surface area contributed by atoms with Gasteiger partial charge in [-0.15, -0.1) is 11.3 Å². The molecule has 1 fully saturated rings. The molecule has 0 unspecified atom stereocenters. The number of carbonyl (C=O) groups excluding carboxylic acids is 1. The lowest BCUT2D eigenvalue weighted by molar-refractivity contribution is -0.148. The van der Waals surface area contributed by atoms with Crippen molar-refractivity contribution in [2.75, 3.05) is 24.7 Å². The maximum atomic E-state index is 12.3. The zero-order valence-electron chi connectivity index (χ0n) is 13.2. The SMILES string of the molecule is CCOC(=O)[C@H]1CSCCN1Cc1cc(=O)n2c(C)csc2n1. The monoisotopic (exact) mass is 353 g/mol. The van der Waals surface area contributed by atoms with Crippen molar-refractivity contribution in [3.05, 3.63) is 33.2 Å². The Bertz CT molecular complexity index is 771. The largest absolute Gasteiger partial charge is 0.465 e. The molecule has 8 heteroatoms. The molecule has 0 saturated carbocycles. The molecule has 1 aliphatic rings. The van der Waals surface area contributed by atoms with E-state index in [1.165, 1.54) is 11.3 Å². The molecule has 23 heavy (non-hydrogen) atoms. The van der Waals surface area contributed by atoms with Gasteiger partial charge < -0.3 is 4.74 Å². The second-order valence-corrected chi connectivity index (χ2v) is 7.38. The lowest BCUT2D eigenvalue weighted by atomic mass is 10.2. The fourth-order valence-electron chi connectivity index (χ4n) is 2.67. The third-order valence-electron chi connectivity index (χ3n) is 3.79. The van der Waals surface area contributed by atoms with E-state index in [0.29, 0.717) is 23.8 Å². The summed E-state index contributed by atoms with van der Waals surface area (Å²) in [5.74, 6) is 1.50. The van der Waals surface area contributed by atoms with E-state index in [2.05, 4.69) is 9.88 Å². The molecule has 0 N–H and O–H groups in total. The van der Waals surface area contributed by atoms with Crippen molar-refractivity contribution in [2.24, 2.45) is 0 Å². The molecular weight excluding hydrogens is 334 g/mol. The van der Waals surface area contributed by atoms with Gasteiger partial charge >= 0.3 is 5.97 Å². The topological polar surface area (TPSA) is 63.9 Å². The number of hydrogen-bond acceptors (Lipinski definition) is 7. The first-order valence-electron chi connectivity index (χ1n) is 7.55. The van der Waals surface area contributed by atoms with Crippen LogP contribution in [0, 0.1) is 6.92 Å². The third kappa shape index (κ3) is 3.44. The van der Waals surface area contributed by atoms with Crippen molar-refractivity contribution < 1.29 is 9.53 Å². The third-order valence-corrected chi connectivity index (χ3v) is 5.76. The van der Waals surface area contributed by atoms with Crippen LogP contribution in [0.3, 0.4) is 0 Å². The average molecular weight is 353 g/mol. The van der Waals surface area contributed by atoms with E-state index in [4.69, 9.17) is 4.74 Å². The molecule has 0 bridgehead atoms. The van der Waals surface area contributed by atoms with E-state index in [0.717, 1.165) is 23.7 Å². The fourth-order valence-corrected chi connectivity index (χ4v) is 4.66. The molecule has 1 atom stereocenters.